The summed E-state index contributed by atoms with van der Waals surface area (Å²) in [5.74, 6) is 0.825. The number of nitrogens with two attached hydrogens (primary N) is 1. The molecule has 8 nitrogen and oxygen atoms in total. The van der Waals surface area contributed by atoms with Crippen molar-refractivity contribution < 1.29 is 4.79 Å². The Kier molecular flexibility index (Phi) is 7.03. The number of nitrogen functional groups attached to an aromatic ring is 1. The van der Waals surface area contributed by atoms with E-state index in [9.17, 15) is 4.79 Å². The molecule has 0 atom stereocenters. The maximum absolute atomic E-state index is 13.4. The first-order chi connectivity index (χ1) is 19.0. The number of aryl methyl sites for hydroxylation is 1. The average molecular weight is 558 g/mol. The van der Waals surface area contributed by atoms with Crippen LogP contribution in [0.5, 0.6) is 0 Å². The molecule has 198 valence electrons. The number of halogens is 1. The van der Waals surface area contributed by atoms with Gasteiger partial charge in [0.1, 0.15) is 18.0 Å². The third-order valence-corrected chi connectivity index (χ3v) is 8.53. The highest BCUT2D eigenvalue weighted by Gasteiger charge is 2.19. The molecule has 1 saturated heterocycles. The Morgan fingerprint density at radius 3 is 2.77 bits per heavy atom. The third-order valence-electron chi connectivity index (χ3n) is 7.17. The van der Waals surface area contributed by atoms with Crippen molar-refractivity contribution in [2.75, 3.05) is 29.5 Å². The molecule has 6 rings (SSSR count). The fourth-order valence-corrected chi connectivity index (χ4v) is 6.19. The van der Waals surface area contributed by atoms with E-state index in [0.29, 0.717) is 27.4 Å². The Balaban J connectivity index is 1.30. The Hall–Kier alpha value is -3.79. The lowest BCUT2D eigenvalue weighted by Gasteiger charge is -2.27. The molecule has 3 aromatic heterocycles. The molecule has 0 spiro atoms. The van der Waals surface area contributed by atoms with Gasteiger partial charge in [-0.1, -0.05) is 30.2 Å². The van der Waals surface area contributed by atoms with Gasteiger partial charge in [-0.25, -0.2) is 15.0 Å². The van der Waals surface area contributed by atoms with Crippen LogP contribution < -0.4 is 16.4 Å². The predicted octanol–water partition coefficient (Wildman–Crippen LogP) is 6.77. The SMILES string of the molecule is Cc1ccc2c(Nc3ccc(Cl)c(CN4CCCCC4)c3)nccc2c1NC(=O)c1csc2c(N)ncnc12. The van der Waals surface area contributed by atoms with E-state index in [2.05, 4.69) is 36.6 Å². The number of carbonyl (C=O) groups is 1. The quantitative estimate of drug-likeness (QED) is 0.211. The van der Waals surface area contributed by atoms with Gasteiger partial charge in [-0.2, -0.15) is 0 Å². The van der Waals surface area contributed by atoms with Gasteiger partial charge in [-0.15, -0.1) is 11.3 Å². The highest BCUT2D eigenvalue weighted by molar-refractivity contribution is 7.18. The third kappa shape index (κ3) is 5.13. The number of anilines is 4. The molecule has 0 aliphatic carbocycles. The standard InChI is InChI=1S/C29H28ClN7OS/c1-17-5-7-21-20(24(17)36-29(38)22-15-39-26-25(22)33-16-34-27(26)31)9-10-32-28(21)35-19-6-8-23(30)18(13-19)14-37-11-3-2-4-12-37/h5-10,13,15-16H,2-4,11-12,14H2,1H3,(H,32,35)(H,36,38)(H2,31,33,34). The highest BCUT2D eigenvalue weighted by atomic mass is 35.5. The molecule has 10 heteroatoms. The van der Waals surface area contributed by atoms with E-state index in [1.165, 1.54) is 36.9 Å². The van der Waals surface area contributed by atoms with Gasteiger partial charge in [0.25, 0.3) is 5.91 Å². The van der Waals surface area contributed by atoms with Gasteiger partial charge in [0.15, 0.2) is 0 Å². The van der Waals surface area contributed by atoms with Crippen LogP contribution in [0.2, 0.25) is 5.02 Å². The molecule has 0 unspecified atom stereocenters. The molecule has 0 bridgehead atoms. The van der Waals surface area contributed by atoms with Crippen molar-refractivity contribution in [3.05, 3.63) is 76.0 Å². The lowest BCUT2D eigenvalue weighted by Crippen LogP contribution is -2.29. The number of amides is 1. The van der Waals surface area contributed by atoms with E-state index in [0.717, 1.165) is 57.9 Å². The number of benzene rings is 2. The van der Waals surface area contributed by atoms with Crippen LogP contribution in [0.15, 0.2) is 54.3 Å². The first kappa shape index (κ1) is 25.5. The molecule has 4 heterocycles. The number of aromatic nitrogens is 3. The van der Waals surface area contributed by atoms with E-state index in [1.807, 2.05) is 37.3 Å². The molecule has 1 fully saturated rings. The van der Waals surface area contributed by atoms with E-state index >= 15 is 0 Å². The number of nitrogens with zero attached hydrogens (tertiary/aromatic N) is 4. The number of thiophene rings is 1. The van der Waals surface area contributed by atoms with Crippen molar-refractivity contribution in [2.45, 2.75) is 32.7 Å². The molecule has 1 aliphatic heterocycles. The molecule has 1 aliphatic rings. The van der Waals surface area contributed by atoms with Crippen molar-refractivity contribution in [1.82, 2.24) is 19.9 Å². The molecular formula is C29H28ClN7OS. The van der Waals surface area contributed by atoms with Crippen LogP contribution in [0.3, 0.4) is 0 Å². The molecule has 0 radical (unpaired) electrons. The topological polar surface area (TPSA) is 109 Å². The van der Waals surface area contributed by atoms with Gasteiger partial charge in [0, 0.05) is 39.6 Å². The fraction of sp³-hybridized carbons (Fsp3) is 0.241. The van der Waals surface area contributed by atoms with Gasteiger partial charge in [0.05, 0.1) is 21.5 Å². The normalized spacial score (nSPS) is 14.1. The van der Waals surface area contributed by atoms with Gasteiger partial charge >= 0.3 is 0 Å². The zero-order valence-electron chi connectivity index (χ0n) is 21.5. The Morgan fingerprint density at radius 1 is 1.08 bits per heavy atom. The van der Waals surface area contributed by atoms with Crippen LogP contribution in [-0.2, 0) is 6.54 Å². The maximum atomic E-state index is 13.4. The van der Waals surface area contributed by atoms with Crippen molar-refractivity contribution in [3.8, 4) is 0 Å². The molecule has 2 aromatic carbocycles. The van der Waals surface area contributed by atoms with Crippen LogP contribution in [0.4, 0.5) is 23.0 Å². The Morgan fingerprint density at radius 2 is 1.92 bits per heavy atom. The number of rotatable bonds is 6. The second kappa shape index (κ2) is 10.8. The fourth-order valence-electron chi connectivity index (χ4n) is 5.11. The molecular weight excluding hydrogens is 530 g/mol. The summed E-state index contributed by atoms with van der Waals surface area (Å²) in [7, 11) is 0. The number of hydrogen-bond acceptors (Lipinski definition) is 8. The average Bonchev–Trinajstić information content (AvgIpc) is 3.39. The summed E-state index contributed by atoms with van der Waals surface area (Å²) < 4.78 is 0.704. The van der Waals surface area contributed by atoms with Crippen molar-refractivity contribution in [2.24, 2.45) is 0 Å². The molecule has 4 N–H and O–H groups in total. The lowest BCUT2D eigenvalue weighted by atomic mass is 10.0. The van der Waals surface area contributed by atoms with Crippen molar-refractivity contribution in [3.63, 3.8) is 0 Å². The molecule has 5 aromatic rings. The molecule has 0 saturated carbocycles. The summed E-state index contributed by atoms with van der Waals surface area (Å²) in [5.41, 5.74) is 10.7. The number of pyridine rings is 1. The second-order valence-corrected chi connectivity index (χ2v) is 11.1. The first-order valence-corrected chi connectivity index (χ1v) is 14.2. The smallest absolute Gasteiger partial charge is 0.258 e. The summed E-state index contributed by atoms with van der Waals surface area (Å²) in [4.78, 5) is 28.7. The van der Waals surface area contributed by atoms with Crippen LogP contribution in [0, 0.1) is 6.92 Å². The predicted molar refractivity (Wildman–Crippen MR) is 160 cm³/mol. The summed E-state index contributed by atoms with van der Waals surface area (Å²) in [6.07, 6.45) is 6.89. The van der Waals surface area contributed by atoms with Crippen LogP contribution in [0.1, 0.15) is 40.7 Å². The first-order valence-electron chi connectivity index (χ1n) is 12.9. The zero-order valence-corrected chi connectivity index (χ0v) is 23.1. The van der Waals surface area contributed by atoms with E-state index in [4.69, 9.17) is 17.3 Å². The minimum absolute atomic E-state index is 0.249. The van der Waals surface area contributed by atoms with Crippen LogP contribution >= 0.6 is 22.9 Å². The van der Waals surface area contributed by atoms with Gasteiger partial charge in [0.2, 0.25) is 0 Å². The minimum atomic E-state index is -0.249. The van der Waals surface area contributed by atoms with Crippen molar-refractivity contribution >= 4 is 72.8 Å². The molecule has 1 amide bonds. The second-order valence-electron chi connectivity index (χ2n) is 9.82. The van der Waals surface area contributed by atoms with Crippen molar-refractivity contribution in [1.29, 1.82) is 0 Å². The minimum Gasteiger partial charge on any atom is -0.382 e. The number of hydrogen-bond donors (Lipinski definition) is 3. The Bertz CT molecular complexity index is 1700. The maximum Gasteiger partial charge on any atom is 0.258 e. The van der Waals surface area contributed by atoms with E-state index in [-0.39, 0.29) is 5.91 Å². The van der Waals surface area contributed by atoms with Gasteiger partial charge in [-0.3, -0.25) is 9.69 Å². The number of fused-ring (bicyclic) bond motifs is 2. The van der Waals surface area contributed by atoms with E-state index < -0.39 is 0 Å². The van der Waals surface area contributed by atoms with Crippen LogP contribution in [-0.4, -0.2) is 38.8 Å². The van der Waals surface area contributed by atoms with Crippen LogP contribution in [0.25, 0.3) is 21.0 Å². The zero-order chi connectivity index (χ0) is 26.9. The number of likely N-dealkylation sites (tertiary alicyclic amines) is 1. The number of piperidine rings is 1. The summed E-state index contributed by atoms with van der Waals surface area (Å²) in [5, 5.41) is 10.9. The largest absolute Gasteiger partial charge is 0.382 e. The number of carbonyl (C=O) groups excluding carboxylic acids is 1. The monoisotopic (exact) mass is 557 g/mol. The van der Waals surface area contributed by atoms with Gasteiger partial charge < -0.3 is 16.4 Å². The summed E-state index contributed by atoms with van der Waals surface area (Å²) in [6, 6.07) is 11.9. The summed E-state index contributed by atoms with van der Waals surface area (Å²) >= 11 is 7.92. The van der Waals surface area contributed by atoms with E-state index in [1.54, 1.807) is 11.6 Å². The van der Waals surface area contributed by atoms with Gasteiger partial charge in [-0.05, 0) is 68.2 Å². The highest BCUT2D eigenvalue weighted by Crippen LogP contribution is 2.34. The molecule has 39 heavy (non-hydrogen) atoms. The lowest BCUT2D eigenvalue weighted by molar-refractivity contribution is 0.102. The summed E-state index contributed by atoms with van der Waals surface area (Å²) in [6.45, 7) is 5.02. The Labute approximate surface area is 235 Å². The number of nitrogens with one attached hydrogen (secondary N) is 2.